The molecule has 0 saturated heterocycles. The SMILES string of the molecule is CC1(c2ccc(-c3ccc4sc5cc6ccccc6cc5c4c3)c3ccccc23)N=C(c2ccccc2)N=C(c2cccc3ccccc23)N1. The monoisotopic (exact) mass is 657 g/mol. The first-order valence-corrected chi connectivity index (χ1v) is 17.8. The molecule has 1 aromatic heterocycles. The lowest BCUT2D eigenvalue weighted by Gasteiger charge is -2.34. The topological polar surface area (TPSA) is 36.8 Å². The molecule has 4 heteroatoms. The van der Waals surface area contributed by atoms with Crippen LogP contribution in [0.4, 0.5) is 0 Å². The van der Waals surface area contributed by atoms with Gasteiger partial charge in [0.2, 0.25) is 0 Å². The number of rotatable bonds is 4. The first-order chi connectivity index (χ1) is 24.6. The van der Waals surface area contributed by atoms with Gasteiger partial charge in [-0.2, -0.15) is 0 Å². The second-order valence-electron chi connectivity index (χ2n) is 13.2. The van der Waals surface area contributed by atoms with Crippen LogP contribution in [0.1, 0.15) is 23.6 Å². The molecule has 0 radical (unpaired) electrons. The molecule has 50 heavy (non-hydrogen) atoms. The summed E-state index contributed by atoms with van der Waals surface area (Å²) in [4.78, 5) is 10.5. The quantitative estimate of drug-likeness (QED) is 0.201. The first-order valence-electron chi connectivity index (χ1n) is 17.0. The Balaban J connectivity index is 1.14. The maximum atomic E-state index is 5.37. The van der Waals surface area contributed by atoms with Crippen molar-refractivity contribution in [1.29, 1.82) is 0 Å². The Morgan fingerprint density at radius 3 is 2.00 bits per heavy atom. The average Bonchev–Trinajstić information content (AvgIpc) is 3.53. The van der Waals surface area contributed by atoms with Crippen molar-refractivity contribution in [2.24, 2.45) is 9.98 Å². The first kappa shape index (κ1) is 28.9. The van der Waals surface area contributed by atoms with Crippen molar-refractivity contribution in [3.05, 3.63) is 180 Å². The van der Waals surface area contributed by atoms with Crippen molar-refractivity contribution in [3.8, 4) is 11.1 Å². The van der Waals surface area contributed by atoms with Crippen LogP contribution in [0, 0.1) is 0 Å². The zero-order chi connectivity index (χ0) is 33.2. The molecule has 0 amide bonds. The van der Waals surface area contributed by atoms with E-state index < -0.39 is 5.66 Å². The molecule has 10 rings (SSSR count). The van der Waals surface area contributed by atoms with Gasteiger partial charge in [-0.15, -0.1) is 11.3 Å². The lowest BCUT2D eigenvalue weighted by atomic mass is 9.89. The van der Waals surface area contributed by atoms with Crippen LogP contribution in [0.5, 0.6) is 0 Å². The number of benzene rings is 8. The number of hydrogen-bond donors (Lipinski definition) is 1. The van der Waals surface area contributed by atoms with E-state index in [9.17, 15) is 0 Å². The largest absolute Gasteiger partial charge is 0.342 e. The highest BCUT2D eigenvalue weighted by Crippen LogP contribution is 2.42. The van der Waals surface area contributed by atoms with Crippen LogP contribution in [0.3, 0.4) is 0 Å². The minimum atomic E-state index is -0.786. The zero-order valence-corrected chi connectivity index (χ0v) is 28.2. The second kappa shape index (κ2) is 11.2. The molecule has 236 valence electrons. The van der Waals surface area contributed by atoms with Crippen LogP contribution < -0.4 is 5.32 Å². The summed E-state index contributed by atoms with van der Waals surface area (Å²) in [7, 11) is 0. The number of amidine groups is 2. The van der Waals surface area contributed by atoms with Crippen molar-refractivity contribution in [2.45, 2.75) is 12.6 Å². The molecule has 0 saturated carbocycles. The van der Waals surface area contributed by atoms with Crippen molar-refractivity contribution >= 4 is 75.5 Å². The lowest BCUT2D eigenvalue weighted by Crippen LogP contribution is -2.46. The Bertz CT molecular complexity index is 2860. The van der Waals surface area contributed by atoms with E-state index in [0.29, 0.717) is 5.84 Å². The van der Waals surface area contributed by atoms with Gasteiger partial charge >= 0.3 is 0 Å². The van der Waals surface area contributed by atoms with Gasteiger partial charge in [0.05, 0.1) is 0 Å². The van der Waals surface area contributed by atoms with Crippen LogP contribution in [-0.2, 0) is 5.66 Å². The summed E-state index contributed by atoms with van der Waals surface area (Å²) in [6.07, 6.45) is 0. The van der Waals surface area contributed by atoms with E-state index in [-0.39, 0.29) is 0 Å². The van der Waals surface area contributed by atoms with E-state index in [2.05, 4.69) is 158 Å². The average molecular weight is 658 g/mol. The molecule has 9 aromatic rings. The van der Waals surface area contributed by atoms with Gasteiger partial charge in [-0.25, -0.2) is 9.98 Å². The predicted octanol–water partition coefficient (Wildman–Crippen LogP) is 11.9. The molecule has 0 fully saturated rings. The highest BCUT2D eigenvalue weighted by molar-refractivity contribution is 7.25. The number of hydrogen-bond acceptors (Lipinski definition) is 4. The Hall–Kier alpha value is -6.10. The van der Waals surface area contributed by atoms with Crippen molar-refractivity contribution in [1.82, 2.24) is 5.32 Å². The Morgan fingerprint density at radius 1 is 0.480 bits per heavy atom. The van der Waals surface area contributed by atoms with Gasteiger partial charge in [0.1, 0.15) is 5.84 Å². The molecule has 1 atom stereocenters. The third-order valence-corrected chi connectivity index (χ3v) is 11.2. The summed E-state index contributed by atoms with van der Waals surface area (Å²) in [5.41, 5.74) is 4.78. The summed E-state index contributed by atoms with van der Waals surface area (Å²) in [5.74, 6) is 1.53. The highest BCUT2D eigenvalue weighted by atomic mass is 32.1. The van der Waals surface area contributed by atoms with Crippen molar-refractivity contribution in [2.75, 3.05) is 0 Å². The molecule has 8 aromatic carbocycles. The van der Waals surface area contributed by atoms with Crippen molar-refractivity contribution in [3.63, 3.8) is 0 Å². The molecular weight excluding hydrogens is 627 g/mol. The third kappa shape index (κ3) is 4.64. The van der Waals surface area contributed by atoms with Gasteiger partial charge in [0.25, 0.3) is 0 Å². The van der Waals surface area contributed by atoms with E-state index in [1.54, 1.807) is 0 Å². The number of thiophene rings is 1. The molecule has 0 spiro atoms. The fraction of sp³-hybridized carbons (Fsp3) is 0.0435. The number of nitrogens with zero attached hydrogens (tertiary/aromatic N) is 2. The van der Waals surface area contributed by atoms with E-state index in [4.69, 9.17) is 9.98 Å². The molecule has 1 unspecified atom stereocenters. The van der Waals surface area contributed by atoms with Crippen LogP contribution >= 0.6 is 11.3 Å². The fourth-order valence-corrected chi connectivity index (χ4v) is 8.75. The molecule has 2 heterocycles. The van der Waals surface area contributed by atoms with Gasteiger partial charge in [0, 0.05) is 36.9 Å². The minimum absolute atomic E-state index is 0.713. The number of fused-ring (bicyclic) bond motifs is 6. The Morgan fingerprint density at radius 2 is 1.16 bits per heavy atom. The van der Waals surface area contributed by atoms with E-state index in [1.165, 1.54) is 52.8 Å². The molecule has 3 nitrogen and oxygen atoms in total. The molecule has 1 N–H and O–H groups in total. The predicted molar refractivity (Wildman–Crippen MR) is 214 cm³/mol. The normalized spacial score (nSPS) is 16.2. The van der Waals surface area contributed by atoms with Crippen LogP contribution in [-0.4, -0.2) is 11.7 Å². The summed E-state index contributed by atoms with van der Waals surface area (Å²) >= 11 is 1.87. The molecule has 0 bridgehead atoms. The Labute approximate surface area is 293 Å². The summed E-state index contributed by atoms with van der Waals surface area (Å²) in [6.45, 7) is 2.17. The number of nitrogens with one attached hydrogen (secondary N) is 1. The smallest absolute Gasteiger partial charge is 0.159 e. The summed E-state index contributed by atoms with van der Waals surface area (Å²) in [5, 5.41) is 13.7. The summed E-state index contributed by atoms with van der Waals surface area (Å²) < 4.78 is 2.63. The molecule has 0 aliphatic carbocycles. The van der Waals surface area contributed by atoms with E-state index in [0.717, 1.165) is 33.3 Å². The maximum absolute atomic E-state index is 5.37. The zero-order valence-electron chi connectivity index (χ0n) is 27.4. The minimum Gasteiger partial charge on any atom is -0.342 e. The van der Waals surface area contributed by atoms with Crippen molar-refractivity contribution < 1.29 is 0 Å². The van der Waals surface area contributed by atoms with E-state index in [1.807, 2.05) is 29.5 Å². The molecule has 1 aliphatic heterocycles. The molecular formula is C46H31N3S. The number of aliphatic imine (C=N–C) groups is 2. The van der Waals surface area contributed by atoms with Gasteiger partial charge in [-0.3, -0.25) is 0 Å². The Kier molecular flexibility index (Phi) is 6.48. The molecule has 1 aliphatic rings. The lowest BCUT2D eigenvalue weighted by molar-refractivity contribution is 0.459. The van der Waals surface area contributed by atoms with Crippen LogP contribution in [0.15, 0.2) is 174 Å². The second-order valence-corrected chi connectivity index (χ2v) is 14.3. The summed E-state index contributed by atoms with van der Waals surface area (Å²) in [6, 6.07) is 58.7. The highest BCUT2D eigenvalue weighted by Gasteiger charge is 2.34. The van der Waals surface area contributed by atoms with E-state index >= 15 is 0 Å². The maximum Gasteiger partial charge on any atom is 0.159 e. The van der Waals surface area contributed by atoms with Gasteiger partial charge in [-0.05, 0) is 74.6 Å². The third-order valence-electron chi connectivity index (χ3n) is 10.1. The fourth-order valence-electron chi connectivity index (χ4n) is 7.64. The standard InChI is InChI=1S/C46H31N3S/c1-46(48-44(30-13-3-2-4-14-30)47-45(49-46)38-21-11-17-29-12-7-8-18-34(29)38)41-24-23-35(36-19-9-10-20-37(36)41)33-22-25-42-39(27-33)40-26-31-15-5-6-16-32(31)28-43(40)50-42/h2-28H,1H3,(H,47,48,49). The van der Waals surface area contributed by atoms with Crippen LogP contribution in [0.2, 0.25) is 0 Å². The van der Waals surface area contributed by atoms with Gasteiger partial charge in [-0.1, -0.05) is 140 Å². The van der Waals surface area contributed by atoms with Crippen LogP contribution in [0.25, 0.3) is 63.6 Å². The van der Waals surface area contributed by atoms with Gasteiger partial charge < -0.3 is 5.32 Å². The van der Waals surface area contributed by atoms with Gasteiger partial charge in [0.15, 0.2) is 11.5 Å².